The summed E-state index contributed by atoms with van der Waals surface area (Å²) < 4.78 is 13.2. The second kappa shape index (κ2) is 4.69. The molecular weight excluding hydrogens is 239 g/mol. The van der Waals surface area contributed by atoms with Crippen molar-refractivity contribution in [2.24, 2.45) is 4.99 Å². The first-order chi connectivity index (χ1) is 9.22. The molecule has 0 fully saturated rings. The second-order valence-electron chi connectivity index (χ2n) is 4.51. The van der Waals surface area contributed by atoms with Crippen molar-refractivity contribution in [2.45, 2.75) is 0 Å². The highest BCUT2D eigenvalue weighted by atomic mass is 19.1. The molecule has 0 spiro atoms. The third kappa shape index (κ3) is 2.40. The number of benzene rings is 1. The first kappa shape index (κ1) is 11.7. The van der Waals surface area contributed by atoms with Gasteiger partial charge in [0.1, 0.15) is 5.82 Å². The predicted molar refractivity (Wildman–Crippen MR) is 76.7 cm³/mol. The Morgan fingerprint density at radius 3 is 2.74 bits per heavy atom. The molecule has 0 aromatic heterocycles. The number of halogens is 1. The minimum atomic E-state index is -0.234. The molecule has 19 heavy (non-hydrogen) atoms. The van der Waals surface area contributed by atoms with Gasteiger partial charge in [-0.3, -0.25) is 4.99 Å². The fourth-order valence-electron chi connectivity index (χ4n) is 2.00. The summed E-state index contributed by atoms with van der Waals surface area (Å²) in [6.45, 7) is 0. The number of rotatable bonds is 1. The number of nitrogens with zero attached hydrogens (tertiary/aromatic N) is 2. The lowest BCUT2D eigenvalue weighted by molar-refractivity contribution is 0.620. The molecule has 0 aliphatic carbocycles. The van der Waals surface area contributed by atoms with Crippen LogP contribution in [-0.4, -0.2) is 18.2 Å². The molecular formula is C16H13FN2. The van der Waals surface area contributed by atoms with Crippen molar-refractivity contribution in [2.75, 3.05) is 7.05 Å². The SMILES string of the molecule is CN1C=CC(=C/C=C2/C=Nc3ccc(F)cc32)C=C1. The van der Waals surface area contributed by atoms with Gasteiger partial charge in [-0.25, -0.2) is 4.39 Å². The maximum Gasteiger partial charge on any atom is 0.123 e. The first-order valence-corrected chi connectivity index (χ1v) is 6.07. The standard InChI is InChI=1S/C16H13FN2/c1-19-8-6-12(7-9-19)2-3-13-11-18-16-5-4-14(17)10-15(13)16/h2-11H,1H3/b13-3-. The van der Waals surface area contributed by atoms with Crippen molar-refractivity contribution in [1.29, 1.82) is 0 Å². The average molecular weight is 252 g/mol. The number of hydrogen-bond donors (Lipinski definition) is 0. The van der Waals surface area contributed by atoms with Crippen LogP contribution in [-0.2, 0) is 0 Å². The van der Waals surface area contributed by atoms with Gasteiger partial charge in [0.15, 0.2) is 0 Å². The number of aliphatic imine (C=N–C) groups is 1. The summed E-state index contributed by atoms with van der Waals surface area (Å²) in [5.74, 6) is -0.234. The number of fused-ring (bicyclic) bond motifs is 1. The molecule has 2 nitrogen and oxygen atoms in total. The van der Waals surface area contributed by atoms with Crippen molar-refractivity contribution >= 4 is 17.5 Å². The molecule has 2 aliphatic rings. The lowest BCUT2D eigenvalue weighted by atomic mass is 10.1. The summed E-state index contributed by atoms with van der Waals surface area (Å²) in [6, 6.07) is 4.65. The van der Waals surface area contributed by atoms with E-state index in [1.807, 2.05) is 48.7 Å². The Balaban J connectivity index is 1.90. The molecule has 0 saturated heterocycles. The lowest BCUT2D eigenvalue weighted by Crippen LogP contribution is -2.02. The van der Waals surface area contributed by atoms with Gasteiger partial charge in [0.05, 0.1) is 5.69 Å². The molecule has 3 rings (SSSR count). The van der Waals surface area contributed by atoms with Gasteiger partial charge < -0.3 is 4.90 Å². The van der Waals surface area contributed by atoms with Crippen LogP contribution in [0.25, 0.3) is 5.57 Å². The molecule has 2 aliphatic heterocycles. The second-order valence-corrected chi connectivity index (χ2v) is 4.51. The Kier molecular flexibility index (Phi) is 2.88. The van der Waals surface area contributed by atoms with Crippen LogP contribution in [0.2, 0.25) is 0 Å². The maximum absolute atomic E-state index is 13.2. The van der Waals surface area contributed by atoms with E-state index in [1.54, 1.807) is 12.3 Å². The minimum Gasteiger partial charge on any atom is -0.357 e. The normalized spacial score (nSPS) is 18.3. The zero-order valence-electron chi connectivity index (χ0n) is 10.5. The molecule has 0 amide bonds. The molecule has 0 N–H and O–H groups in total. The fourth-order valence-corrected chi connectivity index (χ4v) is 2.00. The molecule has 0 saturated carbocycles. The van der Waals surface area contributed by atoms with Crippen LogP contribution >= 0.6 is 0 Å². The fraction of sp³-hybridized carbons (Fsp3) is 0.0625. The van der Waals surface area contributed by atoms with Gasteiger partial charge in [0.2, 0.25) is 0 Å². The highest BCUT2D eigenvalue weighted by Gasteiger charge is 2.11. The largest absolute Gasteiger partial charge is 0.357 e. The topological polar surface area (TPSA) is 15.6 Å². The Labute approximate surface area is 111 Å². The molecule has 0 unspecified atom stereocenters. The quantitative estimate of drug-likeness (QED) is 0.741. The molecule has 2 heterocycles. The minimum absolute atomic E-state index is 0.234. The summed E-state index contributed by atoms with van der Waals surface area (Å²) in [5, 5.41) is 0. The van der Waals surface area contributed by atoms with E-state index in [2.05, 4.69) is 4.99 Å². The average Bonchev–Trinajstić information content (AvgIpc) is 2.80. The van der Waals surface area contributed by atoms with Gasteiger partial charge in [-0.2, -0.15) is 0 Å². The molecule has 1 aromatic carbocycles. The zero-order valence-corrected chi connectivity index (χ0v) is 10.5. The Morgan fingerprint density at radius 2 is 1.95 bits per heavy atom. The van der Waals surface area contributed by atoms with E-state index < -0.39 is 0 Å². The van der Waals surface area contributed by atoms with Crippen LogP contribution in [0.4, 0.5) is 10.1 Å². The summed E-state index contributed by atoms with van der Waals surface area (Å²) >= 11 is 0. The lowest BCUT2D eigenvalue weighted by Gasteiger charge is -2.11. The number of hydrogen-bond acceptors (Lipinski definition) is 2. The molecule has 0 radical (unpaired) electrons. The van der Waals surface area contributed by atoms with E-state index in [9.17, 15) is 4.39 Å². The summed E-state index contributed by atoms with van der Waals surface area (Å²) in [4.78, 5) is 6.24. The van der Waals surface area contributed by atoms with Gasteiger partial charge in [-0.15, -0.1) is 0 Å². The van der Waals surface area contributed by atoms with Crippen molar-refractivity contribution in [3.63, 3.8) is 0 Å². The maximum atomic E-state index is 13.2. The monoisotopic (exact) mass is 252 g/mol. The Bertz CT molecular complexity index is 647. The number of allylic oxidation sites excluding steroid dienone is 6. The van der Waals surface area contributed by atoms with E-state index in [0.29, 0.717) is 0 Å². The first-order valence-electron chi connectivity index (χ1n) is 6.07. The van der Waals surface area contributed by atoms with Crippen LogP contribution in [0.15, 0.2) is 65.5 Å². The van der Waals surface area contributed by atoms with Gasteiger partial charge in [-0.1, -0.05) is 12.2 Å². The van der Waals surface area contributed by atoms with Crippen LogP contribution in [0.5, 0.6) is 0 Å². The molecule has 1 aromatic rings. The Morgan fingerprint density at radius 1 is 1.16 bits per heavy atom. The zero-order chi connectivity index (χ0) is 13.2. The van der Waals surface area contributed by atoms with Crippen molar-refractivity contribution in [3.8, 4) is 0 Å². The van der Waals surface area contributed by atoms with Crippen LogP contribution < -0.4 is 0 Å². The van der Waals surface area contributed by atoms with Crippen molar-refractivity contribution in [1.82, 2.24) is 4.90 Å². The molecule has 0 atom stereocenters. The third-order valence-electron chi connectivity index (χ3n) is 3.07. The van der Waals surface area contributed by atoms with Crippen molar-refractivity contribution < 1.29 is 4.39 Å². The molecule has 0 bridgehead atoms. The van der Waals surface area contributed by atoms with Gasteiger partial charge in [0.25, 0.3) is 0 Å². The van der Waals surface area contributed by atoms with Crippen LogP contribution in [0.1, 0.15) is 5.56 Å². The molecule has 94 valence electrons. The van der Waals surface area contributed by atoms with Gasteiger partial charge in [-0.05, 0) is 35.9 Å². The van der Waals surface area contributed by atoms with E-state index in [0.717, 1.165) is 22.4 Å². The highest BCUT2D eigenvalue weighted by molar-refractivity contribution is 6.16. The van der Waals surface area contributed by atoms with Crippen LogP contribution in [0, 0.1) is 5.82 Å². The highest BCUT2D eigenvalue weighted by Crippen LogP contribution is 2.31. The van der Waals surface area contributed by atoms with Crippen LogP contribution in [0.3, 0.4) is 0 Å². The van der Waals surface area contributed by atoms with E-state index in [4.69, 9.17) is 0 Å². The molecule has 3 heteroatoms. The summed E-state index contributed by atoms with van der Waals surface area (Å²) in [7, 11) is 1.98. The third-order valence-corrected chi connectivity index (χ3v) is 3.07. The smallest absolute Gasteiger partial charge is 0.123 e. The van der Waals surface area contributed by atoms with E-state index in [1.165, 1.54) is 12.1 Å². The van der Waals surface area contributed by atoms with E-state index in [-0.39, 0.29) is 5.82 Å². The summed E-state index contributed by atoms with van der Waals surface area (Å²) in [5.41, 5.74) is 3.70. The van der Waals surface area contributed by atoms with Gasteiger partial charge >= 0.3 is 0 Å². The summed E-state index contributed by atoms with van der Waals surface area (Å²) in [6.07, 6.45) is 13.8. The van der Waals surface area contributed by atoms with Crippen molar-refractivity contribution in [3.05, 3.63) is 71.9 Å². The van der Waals surface area contributed by atoms with Gasteiger partial charge in [0, 0.05) is 36.8 Å². The Hall–Kier alpha value is -2.42. The predicted octanol–water partition coefficient (Wildman–Crippen LogP) is 3.82. The van der Waals surface area contributed by atoms with E-state index >= 15 is 0 Å².